The van der Waals surface area contributed by atoms with Gasteiger partial charge in [-0.15, -0.1) is 11.3 Å². The molecule has 0 amide bonds. The zero-order chi connectivity index (χ0) is 17.7. The molecule has 0 radical (unpaired) electrons. The van der Waals surface area contributed by atoms with E-state index in [9.17, 15) is 0 Å². The summed E-state index contributed by atoms with van der Waals surface area (Å²) in [6, 6.07) is 16.8. The van der Waals surface area contributed by atoms with Gasteiger partial charge in [-0.25, -0.2) is 4.98 Å². The number of benzene rings is 2. The number of hydrogen-bond donors (Lipinski definition) is 0. The molecule has 1 nitrogen and oxygen atoms in total. The fourth-order valence-electron chi connectivity index (χ4n) is 1.98. The first-order chi connectivity index (χ1) is 11.3. The van der Waals surface area contributed by atoms with Gasteiger partial charge < -0.3 is 0 Å². The molecule has 1 aromatic heterocycles. The third kappa shape index (κ3) is 6.54. The van der Waals surface area contributed by atoms with Gasteiger partial charge in [-0.2, -0.15) is 0 Å². The van der Waals surface area contributed by atoms with Crippen molar-refractivity contribution < 1.29 is 0 Å². The van der Waals surface area contributed by atoms with E-state index >= 15 is 0 Å². The summed E-state index contributed by atoms with van der Waals surface area (Å²) in [5.41, 5.74) is 3.77. The van der Waals surface area contributed by atoms with Crippen LogP contribution in [0, 0.1) is 6.92 Å². The van der Waals surface area contributed by atoms with Crippen molar-refractivity contribution in [2.75, 3.05) is 0 Å². The first kappa shape index (κ1) is 21.3. The molecule has 3 rings (SSSR count). The minimum Gasteiger partial charge on any atom is -0.241 e. The summed E-state index contributed by atoms with van der Waals surface area (Å²) in [5.74, 6) is 0. The van der Waals surface area contributed by atoms with Crippen LogP contribution in [-0.4, -0.2) is 4.98 Å². The van der Waals surface area contributed by atoms with Gasteiger partial charge in [-0.3, -0.25) is 0 Å². The number of fused-ring (bicyclic) bond motifs is 1. The third-order valence-corrected chi connectivity index (χ3v) is 4.06. The maximum absolute atomic E-state index is 4.69. The van der Waals surface area contributed by atoms with E-state index in [1.807, 2.05) is 58.9 Å². The minimum absolute atomic E-state index is 0.930. The molecule has 1 heterocycles. The Morgan fingerprint density at radius 3 is 1.96 bits per heavy atom. The molecule has 0 bridgehead atoms. The molecule has 23 heavy (non-hydrogen) atoms. The smallest absolute Gasteiger partial charge is 0.0982 e. The standard InChI is InChI=1S/C15H13NS.3C2H6/c1-11-6-5-9-13-15(11)17-14(16-13)10-12-7-3-2-4-8-12;3*1-2/h2-9H,10H2,1H3;3*1-2H3. The monoisotopic (exact) mass is 329 g/mol. The van der Waals surface area contributed by atoms with E-state index in [2.05, 4.69) is 54.4 Å². The average molecular weight is 330 g/mol. The molecule has 0 N–H and O–H groups in total. The van der Waals surface area contributed by atoms with Crippen LogP contribution >= 0.6 is 11.3 Å². The quantitative estimate of drug-likeness (QED) is 0.481. The van der Waals surface area contributed by atoms with Gasteiger partial charge in [-0.05, 0) is 24.1 Å². The topological polar surface area (TPSA) is 12.9 Å². The Morgan fingerprint density at radius 2 is 1.39 bits per heavy atom. The predicted octanol–water partition coefficient (Wildman–Crippen LogP) is 7.27. The maximum Gasteiger partial charge on any atom is 0.0982 e. The molecule has 0 fully saturated rings. The van der Waals surface area contributed by atoms with Gasteiger partial charge in [0.25, 0.3) is 0 Å². The average Bonchev–Trinajstić information content (AvgIpc) is 3.05. The van der Waals surface area contributed by atoms with Gasteiger partial charge in [-0.1, -0.05) is 84.0 Å². The molecular weight excluding hydrogens is 298 g/mol. The summed E-state index contributed by atoms with van der Waals surface area (Å²) >= 11 is 1.81. The SMILES string of the molecule is CC.CC.CC.Cc1cccc2nc(Cc3ccccc3)sc12. The van der Waals surface area contributed by atoms with Crippen LogP contribution in [0.15, 0.2) is 48.5 Å². The molecule has 0 saturated heterocycles. The highest BCUT2D eigenvalue weighted by atomic mass is 32.1. The fourth-order valence-corrected chi connectivity index (χ4v) is 3.04. The van der Waals surface area contributed by atoms with Crippen LogP contribution in [-0.2, 0) is 6.42 Å². The molecule has 0 saturated carbocycles. The van der Waals surface area contributed by atoms with Gasteiger partial charge in [0.2, 0.25) is 0 Å². The second-order valence-corrected chi connectivity index (χ2v) is 5.28. The molecule has 0 unspecified atom stereocenters. The number of nitrogens with zero attached hydrogens (tertiary/aromatic N) is 1. The van der Waals surface area contributed by atoms with Crippen LogP contribution in [0.5, 0.6) is 0 Å². The van der Waals surface area contributed by atoms with E-state index in [1.165, 1.54) is 20.8 Å². The van der Waals surface area contributed by atoms with E-state index in [1.54, 1.807) is 0 Å². The van der Waals surface area contributed by atoms with Crippen LogP contribution in [0.3, 0.4) is 0 Å². The summed E-state index contributed by atoms with van der Waals surface area (Å²) in [6.07, 6.45) is 0.930. The Morgan fingerprint density at radius 1 is 0.783 bits per heavy atom. The molecule has 0 spiro atoms. The minimum atomic E-state index is 0.930. The zero-order valence-electron chi connectivity index (χ0n) is 15.7. The summed E-state index contributed by atoms with van der Waals surface area (Å²) in [4.78, 5) is 4.69. The lowest BCUT2D eigenvalue weighted by atomic mass is 10.2. The van der Waals surface area contributed by atoms with Crippen molar-refractivity contribution in [3.8, 4) is 0 Å². The Kier molecular flexibility index (Phi) is 11.9. The molecule has 2 aromatic carbocycles. The van der Waals surface area contributed by atoms with Crippen molar-refractivity contribution in [3.63, 3.8) is 0 Å². The Balaban J connectivity index is 0.000000728. The Bertz CT molecular complexity index is 641. The van der Waals surface area contributed by atoms with Crippen LogP contribution in [0.4, 0.5) is 0 Å². The van der Waals surface area contributed by atoms with E-state index in [0.29, 0.717) is 0 Å². The van der Waals surface area contributed by atoms with Crippen molar-refractivity contribution in [2.24, 2.45) is 0 Å². The van der Waals surface area contributed by atoms with E-state index in [0.717, 1.165) is 11.9 Å². The Labute approximate surface area is 146 Å². The molecule has 126 valence electrons. The summed E-state index contributed by atoms with van der Waals surface area (Å²) in [7, 11) is 0. The lowest BCUT2D eigenvalue weighted by molar-refractivity contribution is 1.16. The van der Waals surface area contributed by atoms with Gasteiger partial charge >= 0.3 is 0 Å². The van der Waals surface area contributed by atoms with Crippen molar-refractivity contribution in [3.05, 3.63) is 64.7 Å². The predicted molar refractivity (Wildman–Crippen MR) is 108 cm³/mol. The number of aryl methyl sites for hydroxylation is 1. The second kappa shape index (κ2) is 12.8. The van der Waals surface area contributed by atoms with Crippen LogP contribution in [0.1, 0.15) is 57.7 Å². The zero-order valence-corrected chi connectivity index (χ0v) is 16.5. The maximum atomic E-state index is 4.69. The second-order valence-electron chi connectivity index (χ2n) is 4.19. The van der Waals surface area contributed by atoms with Crippen LogP contribution in [0.25, 0.3) is 10.2 Å². The van der Waals surface area contributed by atoms with Crippen LogP contribution < -0.4 is 0 Å². The Hall–Kier alpha value is -1.67. The van der Waals surface area contributed by atoms with E-state index < -0.39 is 0 Å². The lowest BCUT2D eigenvalue weighted by Gasteiger charge is -1.95. The van der Waals surface area contributed by atoms with Crippen LogP contribution in [0.2, 0.25) is 0 Å². The van der Waals surface area contributed by atoms with Gasteiger partial charge in [0.15, 0.2) is 0 Å². The summed E-state index contributed by atoms with van der Waals surface area (Å²) in [5, 5.41) is 1.19. The molecule has 2 heteroatoms. The molecule has 0 aliphatic carbocycles. The first-order valence-electron chi connectivity index (χ1n) is 8.72. The highest BCUT2D eigenvalue weighted by molar-refractivity contribution is 7.18. The number of hydrogen-bond acceptors (Lipinski definition) is 2. The normalized spacial score (nSPS) is 8.83. The third-order valence-electron chi connectivity index (χ3n) is 2.85. The van der Waals surface area contributed by atoms with Crippen molar-refractivity contribution >= 4 is 21.6 Å². The number of rotatable bonds is 2. The van der Waals surface area contributed by atoms with Gasteiger partial charge in [0.05, 0.1) is 15.2 Å². The molecule has 0 atom stereocenters. The van der Waals surface area contributed by atoms with Crippen molar-refractivity contribution in [2.45, 2.75) is 54.9 Å². The fraction of sp³-hybridized carbons (Fsp3) is 0.381. The lowest BCUT2D eigenvalue weighted by Crippen LogP contribution is -1.85. The number of aromatic nitrogens is 1. The van der Waals surface area contributed by atoms with Crippen molar-refractivity contribution in [1.29, 1.82) is 0 Å². The summed E-state index contributed by atoms with van der Waals surface area (Å²) in [6.45, 7) is 14.1. The van der Waals surface area contributed by atoms with Gasteiger partial charge in [0, 0.05) is 6.42 Å². The van der Waals surface area contributed by atoms with Crippen molar-refractivity contribution in [1.82, 2.24) is 4.98 Å². The number of thiazole rings is 1. The molecule has 0 aliphatic heterocycles. The highest BCUT2D eigenvalue weighted by Crippen LogP contribution is 2.26. The van der Waals surface area contributed by atoms with Gasteiger partial charge in [0.1, 0.15) is 0 Å². The molecule has 0 aliphatic rings. The highest BCUT2D eigenvalue weighted by Gasteiger charge is 2.05. The molecule has 3 aromatic rings. The largest absolute Gasteiger partial charge is 0.241 e. The van der Waals surface area contributed by atoms with E-state index in [-0.39, 0.29) is 0 Å². The summed E-state index contributed by atoms with van der Waals surface area (Å²) < 4.78 is 1.32. The molecular formula is C21H31NS. The van der Waals surface area contributed by atoms with E-state index in [4.69, 9.17) is 0 Å². The first-order valence-corrected chi connectivity index (χ1v) is 9.53.